The molecule has 3 N–H and O–H groups in total. The fraction of sp³-hybridized carbons (Fsp3) is 0.375. The number of ether oxygens (including phenoxy) is 1. The Morgan fingerprint density at radius 2 is 2.35 bits per heavy atom. The number of nitrogens with one attached hydrogen (secondary N) is 1. The first-order chi connectivity index (χ1) is 11.3. The Hall–Kier alpha value is -1.96. The molecular weight excluding hydrogens is 310 g/mol. The van der Waals surface area contributed by atoms with E-state index in [1.165, 1.54) is 15.4 Å². The maximum atomic E-state index is 5.81. The molecule has 1 aliphatic heterocycles. The number of morpholine rings is 1. The largest absolute Gasteiger partial charge is 0.373 e. The lowest BCUT2D eigenvalue weighted by molar-refractivity contribution is 0.0467. The Morgan fingerprint density at radius 3 is 3.13 bits per heavy atom. The first-order valence-corrected chi connectivity index (χ1v) is 8.53. The van der Waals surface area contributed by atoms with E-state index in [9.17, 15) is 0 Å². The quantitative estimate of drug-likeness (QED) is 0.770. The van der Waals surface area contributed by atoms with Gasteiger partial charge < -0.3 is 15.4 Å². The number of nitrogens with zero attached hydrogens (tertiary/aromatic N) is 3. The Bertz CT molecular complexity index is 827. The van der Waals surface area contributed by atoms with Crippen LogP contribution >= 0.6 is 11.3 Å². The number of H-pyrrole nitrogens is 1. The monoisotopic (exact) mass is 329 g/mol. The Kier molecular flexibility index (Phi) is 3.76. The van der Waals surface area contributed by atoms with Crippen molar-refractivity contribution in [2.24, 2.45) is 5.73 Å². The van der Waals surface area contributed by atoms with E-state index in [-0.39, 0.29) is 6.10 Å². The van der Waals surface area contributed by atoms with Gasteiger partial charge in [-0.3, -0.25) is 5.10 Å². The number of aromatic amines is 1. The normalized spacial score (nSPS) is 18.7. The second kappa shape index (κ2) is 5.92. The summed E-state index contributed by atoms with van der Waals surface area (Å²) in [4.78, 5) is 9.40. The number of nitrogens with two attached hydrogens (primary N) is 1. The lowest BCUT2D eigenvalue weighted by Crippen LogP contribution is -2.45. The van der Waals surface area contributed by atoms with Crippen molar-refractivity contribution in [3.8, 4) is 10.4 Å². The van der Waals surface area contributed by atoms with Crippen molar-refractivity contribution in [3.05, 3.63) is 29.4 Å². The van der Waals surface area contributed by atoms with Crippen LogP contribution in [0.3, 0.4) is 0 Å². The molecule has 4 rings (SSSR count). The molecule has 3 aromatic rings. The zero-order valence-corrected chi connectivity index (χ0v) is 13.8. The standard InChI is InChI=1S/C16H19N5OS/c1-10-2-3-14(23-10)12-7-18-16-13(8-19-20-16)15(12)21-4-5-22-11(6-17)9-21/h2-3,7-8,11H,4-6,9,17H2,1H3,(H,18,19,20). The zero-order valence-electron chi connectivity index (χ0n) is 13.0. The highest BCUT2D eigenvalue weighted by atomic mass is 32.1. The number of thiophene rings is 1. The molecule has 1 aliphatic rings. The molecule has 0 aromatic carbocycles. The van der Waals surface area contributed by atoms with Crippen LogP contribution in [-0.2, 0) is 4.74 Å². The smallest absolute Gasteiger partial charge is 0.157 e. The minimum absolute atomic E-state index is 0.0665. The van der Waals surface area contributed by atoms with Crippen LogP contribution in [0.5, 0.6) is 0 Å². The van der Waals surface area contributed by atoms with E-state index in [0.717, 1.165) is 29.7 Å². The molecular formula is C16H19N5OS. The van der Waals surface area contributed by atoms with Gasteiger partial charge in [0.1, 0.15) is 0 Å². The number of aryl methyl sites for hydroxylation is 1. The molecule has 6 nitrogen and oxygen atoms in total. The van der Waals surface area contributed by atoms with E-state index in [1.54, 1.807) is 11.3 Å². The summed E-state index contributed by atoms with van der Waals surface area (Å²) in [5.74, 6) is 0. The van der Waals surface area contributed by atoms with Gasteiger partial charge in [-0.1, -0.05) is 0 Å². The van der Waals surface area contributed by atoms with Gasteiger partial charge in [0.2, 0.25) is 0 Å². The van der Waals surface area contributed by atoms with Crippen LogP contribution in [-0.4, -0.2) is 47.5 Å². The Labute approximate surface area is 138 Å². The fourth-order valence-electron chi connectivity index (χ4n) is 3.05. The minimum Gasteiger partial charge on any atom is -0.373 e. The van der Waals surface area contributed by atoms with Crippen molar-refractivity contribution >= 4 is 28.1 Å². The number of hydrogen-bond acceptors (Lipinski definition) is 6. The molecule has 120 valence electrons. The average molecular weight is 329 g/mol. The molecule has 3 aromatic heterocycles. The second-order valence-electron chi connectivity index (χ2n) is 5.74. The number of rotatable bonds is 3. The van der Waals surface area contributed by atoms with E-state index in [1.807, 2.05) is 12.4 Å². The summed E-state index contributed by atoms with van der Waals surface area (Å²) in [6, 6.07) is 4.30. The maximum absolute atomic E-state index is 5.81. The van der Waals surface area contributed by atoms with Crippen LogP contribution in [0.25, 0.3) is 21.5 Å². The summed E-state index contributed by atoms with van der Waals surface area (Å²) < 4.78 is 5.72. The molecule has 0 spiro atoms. The molecule has 23 heavy (non-hydrogen) atoms. The van der Waals surface area contributed by atoms with Gasteiger partial charge in [0, 0.05) is 41.1 Å². The number of pyridine rings is 1. The van der Waals surface area contributed by atoms with Crippen LogP contribution in [0.15, 0.2) is 24.5 Å². The molecule has 0 amide bonds. The molecule has 1 atom stereocenters. The van der Waals surface area contributed by atoms with Crippen molar-refractivity contribution in [1.82, 2.24) is 15.2 Å². The van der Waals surface area contributed by atoms with Gasteiger partial charge in [-0.2, -0.15) is 5.10 Å². The number of anilines is 1. The summed E-state index contributed by atoms with van der Waals surface area (Å²) in [5, 5.41) is 8.18. The predicted octanol–water partition coefficient (Wildman–Crippen LogP) is 2.16. The topological polar surface area (TPSA) is 80.1 Å². The van der Waals surface area contributed by atoms with Gasteiger partial charge in [-0.25, -0.2) is 4.98 Å². The maximum Gasteiger partial charge on any atom is 0.157 e. The lowest BCUT2D eigenvalue weighted by Gasteiger charge is -2.35. The highest BCUT2D eigenvalue weighted by Gasteiger charge is 2.25. The fourth-order valence-corrected chi connectivity index (χ4v) is 3.93. The molecule has 0 aliphatic carbocycles. The lowest BCUT2D eigenvalue weighted by atomic mass is 10.1. The van der Waals surface area contributed by atoms with Gasteiger partial charge in [-0.15, -0.1) is 11.3 Å². The summed E-state index contributed by atoms with van der Waals surface area (Å²) in [6.07, 6.45) is 3.86. The molecule has 0 saturated carbocycles. The summed E-state index contributed by atoms with van der Waals surface area (Å²) in [5.41, 5.74) is 8.94. The van der Waals surface area contributed by atoms with Crippen molar-refractivity contribution in [3.63, 3.8) is 0 Å². The SMILES string of the molecule is Cc1ccc(-c2cnc3[nH]ncc3c2N2CCOC(CN)C2)s1. The summed E-state index contributed by atoms with van der Waals surface area (Å²) >= 11 is 1.78. The third kappa shape index (κ3) is 2.60. The first-order valence-electron chi connectivity index (χ1n) is 7.72. The summed E-state index contributed by atoms with van der Waals surface area (Å²) in [6.45, 7) is 4.98. The minimum atomic E-state index is 0.0665. The van der Waals surface area contributed by atoms with Crippen LogP contribution in [0.4, 0.5) is 5.69 Å². The Balaban J connectivity index is 1.86. The van der Waals surface area contributed by atoms with Gasteiger partial charge in [0.25, 0.3) is 0 Å². The van der Waals surface area contributed by atoms with Crippen LogP contribution in [0.2, 0.25) is 0 Å². The van der Waals surface area contributed by atoms with Crippen molar-refractivity contribution in [1.29, 1.82) is 0 Å². The highest BCUT2D eigenvalue weighted by Crippen LogP contribution is 2.39. The molecule has 7 heteroatoms. The number of aromatic nitrogens is 3. The van der Waals surface area contributed by atoms with E-state index >= 15 is 0 Å². The van der Waals surface area contributed by atoms with Crippen LogP contribution < -0.4 is 10.6 Å². The number of hydrogen-bond donors (Lipinski definition) is 2. The third-order valence-corrected chi connectivity index (χ3v) is 5.21. The third-order valence-electron chi connectivity index (χ3n) is 4.18. The first kappa shape index (κ1) is 14.6. The Morgan fingerprint density at radius 1 is 1.43 bits per heavy atom. The van der Waals surface area contributed by atoms with Gasteiger partial charge in [0.15, 0.2) is 5.65 Å². The van der Waals surface area contributed by atoms with Crippen LogP contribution in [0, 0.1) is 6.92 Å². The zero-order chi connectivity index (χ0) is 15.8. The van der Waals surface area contributed by atoms with Crippen molar-refractivity contribution in [2.45, 2.75) is 13.0 Å². The molecule has 0 bridgehead atoms. The average Bonchev–Trinajstić information content (AvgIpc) is 3.22. The number of fused-ring (bicyclic) bond motifs is 1. The van der Waals surface area contributed by atoms with Crippen molar-refractivity contribution < 1.29 is 4.74 Å². The van der Waals surface area contributed by atoms with Crippen LogP contribution in [0.1, 0.15) is 4.88 Å². The van der Waals surface area contributed by atoms with E-state index in [2.05, 4.69) is 39.1 Å². The highest BCUT2D eigenvalue weighted by molar-refractivity contribution is 7.15. The van der Waals surface area contributed by atoms with E-state index < -0.39 is 0 Å². The van der Waals surface area contributed by atoms with Crippen molar-refractivity contribution in [2.75, 3.05) is 31.1 Å². The molecule has 0 radical (unpaired) electrons. The van der Waals surface area contributed by atoms with Gasteiger partial charge in [0.05, 0.1) is 30.0 Å². The van der Waals surface area contributed by atoms with Gasteiger partial charge >= 0.3 is 0 Å². The molecule has 1 saturated heterocycles. The summed E-state index contributed by atoms with van der Waals surface area (Å²) in [7, 11) is 0. The molecule has 4 heterocycles. The van der Waals surface area contributed by atoms with Gasteiger partial charge in [-0.05, 0) is 19.1 Å². The predicted molar refractivity (Wildman–Crippen MR) is 92.9 cm³/mol. The second-order valence-corrected chi connectivity index (χ2v) is 7.03. The molecule has 1 unspecified atom stereocenters. The molecule has 1 fully saturated rings. The van der Waals surface area contributed by atoms with E-state index in [0.29, 0.717) is 13.2 Å². The van der Waals surface area contributed by atoms with E-state index in [4.69, 9.17) is 10.5 Å².